The van der Waals surface area contributed by atoms with Gasteiger partial charge in [0.25, 0.3) is 0 Å². The second kappa shape index (κ2) is 6.15. The Labute approximate surface area is 123 Å². The molecule has 0 aliphatic carbocycles. The number of carboxylic acid groups (broad SMARTS) is 1. The number of nitrogens with one attached hydrogen (secondary N) is 1. The van der Waals surface area contributed by atoms with Gasteiger partial charge in [-0.3, -0.25) is 9.48 Å². The molecule has 1 saturated heterocycles. The van der Waals surface area contributed by atoms with Crippen molar-refractivity contribution in [3.05, 3.63) is 17.0 Å². The molecule has 1 aliphatic rings. The molecule has 2 N–H and O–H groups in total. The molecular formula is C14H22N4O3. The third kappa shape index (κ3) is 3.53. The molecule has 1 unspecified atom stereocenters. The zero-order chi connectivity index (χ0) is 15.6. The third-order valence-corrected chi connectivity index (χ3v) is 4.11. The first-order chi connectivity index (χ1) is 9.88. The summed E-state index contributed by atoms with van der Waals surface area (Å²) in [6, 6.07) is -0.134. The predicted octanol–water partition coefficient (Wildman–Crippen LogP) is 1.04. The summed E-state index contributed by atoms with van der Waals surface area (Å²) in [7, 11) is 1.88. The maximum atomic E-state index is 12.1. The van der Waals surface area contributed by atoms with Crippen LogP contribution in [0.5, 0.6) is 0 Å². The van der Waals surface area contributed by atoms with Crippen molar-refractivity contribution in [2.24, 2.45) is 13.0 Å². The Bertz CT molecular complexity index is 553. The van der Waals surface area contributed by atoms with Crippen molar-refractivity contribution in [2.75, 3.05) is 13.1 Å². The molecule has 7 heteroatoms. The van der Waals surface area contributed by atoms with Gasteiger partial charge in [0.1, 0.15) is 0 Å². The van der Waals surface area contributed by atoms with E-state index in [2.05, 4.69) is 10.4 Å². The van der Waals surface area contributed by atoms with Gasteiger partial charge in [0, 0.05) is 44.4 Å². The molecule has 2 heterocycles. The van der Waals surface area contributed by atoms with E-state index in [0.29, 0.717) is 19.6 Å². The predicted molar refractivity (Wildman–Crippen MR) is 76.9 cm³/mol. The molecule has 1 atom stereocenters. The number of hydrogen-bond donors (Lipinski definition) is 2. The largest absolute Gasteiger partial charge is 0.481 e. The second-order valence-corrected chi connectivity index (χ2v) is 5.63. The van der Waals surface area contributed by atoms with E-state index in [4.69, 9.17) is 5.11 Å². The molecule has 116 valence electrons. The van der Waals surface area contributed by atoms with Crippen LogP contribution in [0.25, 0.3) is 0 Å². The Morgan fingerprint density at radius 1 is 1.43 bits per heavy atom. The van der Waals surface area contributed by atoms with Gasteiger partial charge < -0.3 is 15.3 Å². The van der Waals surface area contributed by atoms with E-state index in [1.165, 1.54) is 0 Å². The van der Waals surface area contributed by atoms with Crippen molar-refractivity contribution >= 4 is 12.0 Å². The lowest BCUT2D eigenvalue weighted by molar-refractivity contribution is -0.138. The highest BCUT2D eigenvalue weighted by atomic mass is 16.4. The summed E-state index contributed by atoms with van der Waals surface area (Å²) in [6.07, 6.45) is 0.884. The molecule has 0 bridgehead atoms. The van der Waals surface area contributed by atoms with E-state index < -0.39 is 5.97 Å². The van der Waals surface area contributed by atoms with Gasteiger partial charge in [-0.05, 0) is 26.2 Å². The zero-order valence-corrected chi connectivity index (χ0v) is 12.7. The van der Waals surface area contributed by atoms with Gasteiger partial charge in [-0.25, -0.2) is 4.79 Å². The lowest BCUT2D eigenvalue weighted by Crippen LogP contribution is -2.38. The van der Waals surface area contributed by atoms with Crippen molar-refractivity contribution in [3.63, 3.8) is 0 Å². The van der Waals surface area contributed by atoms with Crippen LogP contribution < -0.4 is 5.32 Å². The van der Waals surface area contributed by atoms with E-state index in [9.17, 15) is 9.59 Å². The first-order valence-electron chi connectivity index (χ1n) is 7.12. The topological polar surface area (TPSA) is 87.5 Å². The second-order valence-electron chi connectivity index (χ2n) is 5.63. The fraction of sp³-hybridized carbons (Fsp3) is 0.643. The average Bonchev–Trinajstić information content (AvgIpc) is 2.94. The monoisotopic (exact) mass is 294 g/mol. The first-order valence-corrected chi connectivity index (χ1v) is 7.12. The summed E-state index contributed by atoms with van der Waals surface area (Å²) >= 11 is 0. The number of carboxylic acids is 1. The average molecular weight is 294 g/mol. The number of aryl methyl sites for hydroxylation is 2. The number of nitrogens with zero attached hydrogens (tertiary/aromatic N) is 3. The number of urea groups is 1. The number of aromatic nitrogens is 2. The SMILES string of the molecule is Cc1nn(C)c(C)c1CNC(=O)N1CCC(CC(=O)O)C1. The Balaban J connectivity index is 1.87. The Morgan fingerprint density at radius 3 is 2.71 bits per heavy atom. The van der Waals surface area contributed by atoms with Gasteiger partial charge in [-0.2, -0.15) is 5.10 Å². The molecule has 0 radical (unpaired) electrons. The van der Waals surface area contributed by atoms with Gasteiger partial charge in [0.05, 0.1) is 5.69 Å². The highest BCUT2D eigenvalue weighted by Crippen LogP contribution is 2.19. The molecule has 1 aromatic rings. The first kappa shape index (κ1) is 15.3. The number of carbonyl (C=O) groups excluding carboxylic acids is 1. The Morgan fingerprint density at radius 2 is 2.14 bits per heavy atom. The molecular weight excluding hydrogens is 272 g/mol. The van der Waals surface area contributed by atoms with Crippen LogP contribution in [0.4, 0.5) is 4.79 Å². The van der Waals surface area contributed by atoms with E-state index in [0.717, 1.165) is 23.4 Å². The highest BCUT2D eigenvalue weighted by molar-refractivity contribution is 5.75. The van der Waals surface area contributed by atoms with Crippen molar-refractivity contribution in [1.29, 1.82) is 0 Å². The summed E-state index contributed by atoms with van der Waals surface area (Å²) in [6.45, 7) is 5.48. The summed E-state index contributed by atoms with van der Waals surface area (Å²) in [4.78, 5) is 24.5. The zero-order valence-electron chi connectivity index (χ0n) is 12.7. The Kier molecular flexibility index (Phi) is 4.50. The summed E-state index contributed by atoms with van der Waals surface area (Å²) < 4.78 is 1.80. The van der Waals surface area contributed by atoms with E-state index in [1.807, 2.05) is 20.9 Å². The number of amides is 2. The minimum absolute atomic E-state index is 0.0649. The van der Waals surface area contributed by atoms with Crippen LogP contribution in [0, 0.1) is 19.8 Å². The van der Waals surface area contributed by atoms with Crippen LogP contribution in [0.1, 0.15) is 29.8 Å². The maximum Gasteiger partial charge on any atom is 0.317 e. The number of rotatable bonds is 4. The molecule has 1 aromatic heterocycles. The van der Waals surface area contributed by atoms with Crippen LogP contribution in [0.3, 0.4) is 0 Å². The molecule has 1 fully saturated rings. The van der Waals surface area contributed by atoms with Crippen LogP contribution in [-0.2, 0) is 18.4 Å². The number of carbonyl (C=O) groups is 2. The molecule has 21 heavy (non-hydrogen) atoms. The highest BCUT2D eigenvalue weighted by Gasteiger charge is 2.27. The lowest BCUT2D eigenvalue weighted by Gasteiger charge is -2.17. The molecule has 7 nitrogen and oxygen atoms in total. The van der Waals surface area contributed by atoms with Crippen molar-refractivity contribution in [2.45, 2.75) is 33.2 Å². The fourth-order valence-electron chi connectivity index (χ4n) is 2.78. The quantitative estimate of drug-likeness (QED) is 0.868. The van der Waals surface area contributed by atoms with Crippen molar-refractivity contribution in [3.8, 4) is 0 Å². The molecule has 1 aliphatic heterocycles. The standard InChI is InChI=1S/C14H22N4O3/c1-9-12(10(2)17(3)16-9)7-15-14(21)18-5-4-11(8-18)6-13(19)20/h11H,4-8H2,1-3H3,(H,15,21)(H,19,20). The van der Waals surface area contributed by atoms with Crippen LogP contribution >= 0.6 is 0 Å². The normalized spacial score (nSPS) is 18.0. The number of hydrogen-bond acceptors (Lipinski definition) is 3. The van der Waals surface area contributed by atoms with Crippen molar-refractivity contribution in [1.82, 2.24) is 20.0 Å². The molecule has 0 spiro atoms. The summed E-state index contributed by atoms with van der Waals surface area (Å²) in [5.74, 6) is -0.737. The van der Waals surface area contributed by atoms with Gasteiger partial charge in [0.2, 0.25) is 0 Å². The van der Waals surface area contributed by atoms with E-state index >= 15 is 0 Å². The van der Waals surface area contributed by atoms with Crippen LogP contribution in [0.2, 0.25) is 0 Å². The van der Waals surface area contributed by atoms with E-state index in [1.54, 1.807) is 9.58 Å². The molecule has 0 aromatic carbocycles. The van der Waals surface area contributed by atoms with Gasteiger partial charge in [-0.15, -0.1) is 0 Å². The Hall–Kier alpha value is -2.05. The van der Waals surface area contributed by atoms with E-state index in [-0.39, 0.29) is 18.4 Å². The lowest BCUT2D eigenvalue weighted by atomic mass is 10.1. The fourth-order valence-corrected chi connectivity index (χ4v) is 2.78. The third-order valence-electron chi connectivity index (χ3n) is 4.11. The van der Waals surface area contributed by atoms with Crippen LogP contribution in [-0.4, -0.2) is 44.9 Å². The van der Waals surface area contributed by atoms with Gasteiger partial charge >= 0.3 is 12.0 Å². The van der Waals surface area contributed by atoms with Crippen molar-refractivity contribution < 1.29 is 14.7 Å². The molecule has 2 amide bonds. The number of likely N-dealkylation sites (tertiary alicyclic amines) is 1. The minimum Gasteiger partial charge on any atom is -0.481 e. The molecule has 0 saturated carbocycles. The number of aliphatic carboxylic acids is 1. The van der Waals surface area contributed by atoms with Gasteiger partial charge in [-0.1, -0.05) is 0 Å². The van der Waals surface area contributed by atoms with Crippen LogP contribution in [0.15, 0.2) is 0 Å². The molecule has 2 rings (SSSR count). The maximum absolute atomic E-state index is 12.1. The van der Waals surface area contributed by atoms with Gasteiger partial charge in [0.15, 0.2) is 0 Å². The summed E-state index contributed by atoms with van der Waals surface area (Å²) in [5, 5.41) is 16.0. The summed E-state index contributed by atoms with van der Waals surface area (Å²) in [5.41, 5.74) is 2.99. The minimum atomic E-state index is -0.802. The smallest absolute Gasteiger partial charge is 0.317 e.